The zero-order chi connectivity index (χ0) is 13.1. The number of nitrogens with one attached hydrogen (secondary N) is 1. The summed E-state index contributed by atoms with van der Waals surface area (Å²) in [6, 6.07) is 7.99. The summed E-state index contributed by atoms with van der Waals surface area (Å²) in [5.74, 6) is 0.0269. The van der Waals surface area contributed by atoms with Crippen molar-refractivity contribution >= 4 is 11.6 Å². The first-order valence-corrected chi connectivity index (χ1v) is 6.33. The second kappa shape index (κ2) is 5.40. The van der Waals surface area contributed by atoms with Crippen LogP contribution in [0.3, 0.4) is 0 Å². The minimum atomic E-state index is 0.0269. The Morgan fingerprint density at radius 1 is 1.44 bits per heavy atom. The van der Waals surface area contributed by atoms with Crippen molar-refractivity contribution in [2.24, 2.45) is 0 Å². The maximum Gasteiger partial charge on any atom is 0.251 e. The van der Waals surface area contributed by atoms with E-state index in [1.165, 1.54) is 0 Å². The molecule has 1 aliphatic heterocycles. The highest BCUT2D eigenvalue weighted by molar-refractivity contribution is 5.95. The normalized spacial score (nSPS) is 19.8. The SMILES string of the molecule is CN1CCC(NC(=O)c2cccc(N(C)C)c2)C1. The lowest BCUT2D eigenvalue weighted by atomic mass is 10.1. The van der Waals surface area contributed by atoms with E-state index in [0.29, 0.717) is 0 Å². The summed E-state index contributed by atoms with van der Waals surface area (Å²) in [4.78, 5) is 16.4. The van der Waals surface area contributed by atoms with E-state index in [1.54, 1.807) is 0 Å². The Morgan fingerprint density at radius 3 is 2.83 bits per heavy atom. The Labute approximate surface area is 109 Å². The molecule has 1 fully saturated rings. The number of hydrogen-bond acceptors (Lipinski definition) is 3. The lowest BCUT2D eigenvalue weighted by Crippen LogP contribution is -2.36. The van der Waals surface area contributed by atoms with Gasteiger partial charge >= 0.3 is 0 Å². The minimum absolute atomic E-state index is 0.0269. The third-order valence-corrected chi connectivity index (χ3v) is 3.35. The van der Waals surface area contributed by atoms with Crippen molar-refractivity contribution in [3.63, 3.8) is 0 Å². The monoisotopic (exact) mass is 247 g/mol. The van der Waals surface area contributed by atoms with Crippen LogP contribution in [0.4, 0.5) is 5.69 Å². The number of hydrogen-bond donors (Lipinski definition) is 1. The first kappa shape index (κ1) is 12.9. The summed E-state index contributed by atoms with van der Waals surface area (Å²) in [6.07, 6.45) is 1.04. The van der Waals surface area contributed by atoms with Gasteiger partial charge in [0.15, 0.2) is 0 Å². The predicted octanol–water partition coefficient (Wildman–Crippen LogP) is 1.19. The molecule has 4 nitrogen and oxygen atoms in total. The number of likely N-dealkylation sites (tertiary alicyclic amines) is 1. The predicted molar refractivity (Wildman–Crippen MR) is 74.1 cm³/mol. The molecule has 1 aliphatic rings. The van der Waals surface area contributed by atoms with Gasteiger partial charge in [0.05, 0.1) is 0 Å². The molecule has 0 radical (unpaired) electrons. The van der Waals surface area contributed by atoms with Gasteiger partial charge in [-0.1, -0.05) is 6.07 Å². The molecule has 2 rings (SSSR count). The molecule has 4 heteroatoms. The summed E-state index contributed by atoms with van der Waals surface area (Å²) in [5.41, 5.74) is 1.78. The molecule has 0 aliphatic carbocycles. The summed E-state index contributed by atoms with van der Waals surface area (Å²) < 4.78 is 0. The van der Waals surface area contributed by atoms with Crippen LogP contribution in [0, 0.1) is 0 Å². The van der Waals surface area contributed by atoms with Crippen molar-refractivity contribution in [2.45, 2.75) is 12.5 Å². The van der Waals surface area contributed by atoms with Crippen LogP contribution in [-0.4, -0.2) is 51.1 Å². The van der Waals surface area contributed by atoms with E-state index < -0.39 is 0 Å². The average Bonchev–Trinajstić information content (AvgIpc) is 2.75. The lowest BCUT2D eigenvalue weighted by molar-refractivity contribution is 0.0938. The number of amides is 1. The smallest absolute Gasteiger partial charge is 0.251 e. The van der Waals surface area contributed by atoms with E-state index >= 15 is 0 Å². The van der Waals surface area contributed by atoms with Gasteiger partial charge < -0.3 is 15.1 Å². The summed E-state index contributed by atoms with van der Waals surface area (Å²) in [5, 5.41) is 3.09. The van der Waals surface area contributed by atoms with E-state index in [4.69, 9.17) is 0 Å². The molecular weight excluding hydrogens is 226 g/mol. The van der Waals surface area contributed by atoms with Gasteiger partial charge in [0, 0.05) is 37.9 Å². The van der Waals surface area contributed by atoms with Gasteiger partial charge in [-0.3, -0.25) is 4.79 Å². The summed E-state index contributed by atoms with van der Waals surface area (Å²) in [6.45, 7) is 2.00. The van der Waals surface area contributed by atoms with Crippen molar-refractivity contribution in [3.8, 4) is 0 Å². The molecule has 1 aromatic carbocycles. The van der Waals surface area contributed by atoms with E-state index in [1.807, 2.05) is 43.3 Å². The highest BCUT2D eigenvalue weighted by Gasteiger charge is 2.21. The Morgan fingerprint density at radius 2 is 2.22 bits per heavy atom. The Hall–Kier alpha value is -1.55. The lowest BCUT2D eigenvalue weighted by Gasteiger charge is -2.15. The maximum absolute atomic E-state index is 12.1. The highest BCUT2D eigenvalue weighted by atomic mass is 16.1. The number of nitrogens with zero attached hydrogens (tertiary/aromatic N) is 2. The van der Waals surface area contributed by atoms with Crippen molar-refractivity contribution in [3.05, 3.63) is 29.8 Å². The standard InChI is InChI=1S/C14H21N3O/c1-16(2)13-6-4-5-11(9-13)14(18)15-12-7-8-17(3)10-12/h4-6,9,12H,7-8,10H2,1-3H3,(H,15,18). The van der Waals surface area contributed by atoms with Crippen LogP contribution in [0.15, 0.2) is 24.3 Å². The van der Waals surface area contributed by atoms with Crippen LogP contribution < -0.4 is 10.2 Å². The molecule has 0 aromatic heterocycles. The minimum Gasteiger partial charge on any atom is -0.378 e. The van der Waals surface area contributed by atoms with E-state index in [9.17, 15) is 4.79 Å². The van der Waals surface area contributed by atoms with Gasteiger partial charge in [0.2, 0.25) is 0 Å². The summed E-state index contributed by atoms with van der Waals surface area (Å²) in [7, 11) is 6.03. The topological polar surface area (TPSA) is 35.6 Å². The van der Waals surface area contributed by atoms with Crippen LogP contribution in [0.5, 0.6) is 0 Å². The number of carbonyl (C=O) groups excluding carboxylic acids is 1. The van der Waals surface area contributed by atoms with Crippen LogP contribution in [0.1, 0.15) is 16.8 Å². The third kappa shape index (κ3) is 3.01. The fourth-order valence-electron chi connectivity index (χ4n) is 2.25. The molecule has 98 valence electrons. The highest BCUT2D eigenvalue weighted by Crippen LogP contribution is 2.14. The van der Waals surface area contributed by atoms with Gasteiger partial charge in [0.25, 0.3) is 5.91 Å². The first-order valence-electron chi connectivity index (χ1n) is 6.33. The quantitative estimate of drug-likeness (QED) is 0.871. The Balaban J connectivity index is 2.02. The molecule has 1 amide bonds. The molecule has 1 heterocycles. The van der Waals surface area contributed by atoms with Crippen molar-refractivity contribution in [1.82, 2.24) is 10.2 Å². The first-order chi connectivity index (χ1) is 8.56. The van der Waals surface area contributed by atoms with Crippen LogP contribution in [0.2, 0.25) is 0 Å². The van der Waals surface area contributed by atoms with Gasteiger partial charge in [-0.15, -0.1) is 0 Å². The molecule has 1 N–H and O–H groups in total. The number of anilines is 1. The Kier molecular flexibility index (Phi) is 3.87. The molecule has 1 atom stereocenters. The zero-order valence-electron chi connectivity index (χ0n) is 11.3. The average molecular weight is 247 g/mol. The zero-order valence-corrected chi connectivity index (χ0v) is 11.3. The van der Waals surface area contributed by atoms with Crippen LogP contribution in [-0.2, 0) is 0 Å². The molecule has 1 saturated heterocycles. The van der Waals surface area contributed by atoms with Crippen molar-refractivity contribution < 1.29 is 4.79 Å². The van der Waals surface area contributed by atoms with Crippen LogP contribution >= 0.6 is 0 Å². The molecule has 1 aromatic rings. The van der Waals surface area contributed by atoms with Crippen molar-refractivity contribution in [2.75, 3.05) is 39.1 Å². The third-order valence-electron chi connectivity index (χ3n) is 3.35. The molecule has 0 spiro atoms. The fraction of sp³-hybridized carbons (Fsp3) is 0.500. The number of rotatable bonds is 3. The number of likely N-dealkylation sites (N-methyl/N-ethyl adjacent to an activating group) is 1. The summed E-state index contributed by atoms with van der Waals surface area (Å²) >= 11 is 0. The number of benzene rings is 1. The second-order valence-electron chi connectivity index (χ2n) is 5.17. The van der Waals surface area contributed by atoms with Gasteiger partial charge in [-0.2, -0.15) is 0 Å². The van der Waals surface area contributed by atoms with Gasteiger partial charge in [0.1, 0.15) is 0 Å². The number of carbonyl (C=O) groups is 1. The molecule has 0 saturated carbocycles. The molecule has 1 unspecified atom stereocenters. The molecule has 18 heavy (non-hydrogen) atoms. The Bertz CT molecular complexity index is 431. The van der Waals surface area contributed by atoms with Crippen molar-refractivity contribution in [1.29, 1.82) is 0 Å². The van der Waals surface area contributed by atoms with Gasteiger partial charge in [-0.05, 0) is 38.2 Å². The van der Waals surface area contributed by atoms with Gasteiger partial charge in [-0.25, -0.2) is 0 Å². The van der Waals surface area contributed by atoms with E-state index in [2.05, 4.69) is 17.3 Å². The largest absolute Gasteiger partial charge is 0.378 e. The van der Waals surface area contributed by atoms with E-state index in [-0.39, 0.29) is 11.9 Å². The maximum atomic E-state index is 12.1. The van der Waals surface area contributed by atoms with E-state index in [0.717, 1.165) is 30.8 Å². The second-order valence-corrected chi connectivity index (χ2v) is 5.17. The van der Waals surface area contributed by atoms with Crippen LogP contribution in [0.25, 0.3) is 0 Å². The molecule has 0 bridgehead atoms. The molecular formula is C14H21N3O. The fourth-order valence-corrected chi connectivity index (χ4v) is 2.25.